The van der Waals surface area contributed by atoms with E-state index < -0.39 is 97.5 Å². The van der Waals surface area contributed by atoms with Crippen LogP contribution in [0.3, 0.4) is 0 Å². The highest BCUT2D eigenvalue weighted by molar-refractivity contribution is 7.47. The lowest BCUT2D eigenvalue weighted by atomic mass is 10.0. The van der Waals surface area contributed by atoms with Gasteiger partial charge in [-0.25, -0.2) is 9.13 Å². The number of rotatable bonds is 79. The highest BCUT2D eigenvalue weighted by Crippen LogP contribution is 2.45. The van der Waals surface area contributed by atoms with E-state index in [1.165, 1.54) is 244 Å². The molecule has 3 N–H and O–H groups in total. The summed E-state index contributed by atoms with van der Waals surface area (Å²) in [6.07, 6.45) is 62.8. The molecule has 582 valence electrons. The van der Waals surface area contributed by atoms with Gasteiger partial charge in [0.15, 0.2) is 12.2 Å². The topological polar surface area (TPSA) is 237 Å². The Morgan fingerprint density at radius 3 is 0.694 bits per heavy atom. The van der Waals surface area contributed by atoms with Gasteiger partial charge in [-0.05, 0) is 31.6 Å². The van der Waals surface area contributed by atoms with E-state index in [4.69, 9.17) is 37.0 Å². The number of phosphoric ester groups is 2. The van der Waals surface area contributed by atoms with Gasteiger partial charge in [0.05, 0.1) is 26.4 Å². The number of unbranched alkanes of at least 4 members (excludes halogenated alkanes) is 51. The molecule has 0 saturated heterocycles. The van der Waals surface area contributed by atoms with Crippen molar-refractivity contribution in [3.05, 3.63) is 0 Å². The standard InChI is InChI=1S/C79H154O17P2/c1-6-9-12-15-18-21-23-25-27-29-30-31-32-33-35-37-39-41-44-49-54-59-64-78(83)95-74(68-90-77(82)63-58-53-48-43-40-38-36-34-28-26-24-22-19-16-13-10-7-2)70-93-97(85,86)91-66-73(80)67-92-98(87,88)94-71-75(69-89-76(81)62-57-52-47-42-20-17-14-11-8-3)96-79(84)65-60-55-50-45-46-51-56-61-72(4)5/h72-75,80H,6-71H2,1-5H3,(H,85,86)(H,87,88)/t73-,74-,75-/m1/s1. The Balaban J connectivity index is 5.17. The van der Waals surface area contributed by atoms with Crippen molar-refractivity contribution in [3.63, 3.8) is 0 Å². The van der Waals surface area contributed by atoms with Crippen molar-refractivity contribution in [1.82, 2.24) is 0 Å². The molecule has 2 unspecified atom stereocenters. The number of hydrogen-bond acceptors (Lipinski definition) is 15. The molecular weight excluding hydrogens is 1280 g/mol. The van der Waals surface area contributed by atoms with Gasteiger partial charge >= 0.3 is 39.5 Å². The molecule has 0 aromatic heterocycles. The Morgan fingerprint density at radius 2 is 0.469 bits per heavy atom. The molecule has 0 fully saturated rings. The lowest BCUT2D eigenvalue weighted by Gasteiger charge is -2.21. The minimum absolute atomic E-state index is 0.104. The lowest BCUT2D eigenvalue weighted by molar-refractivity contribution is -0.161. The maximum absolute atomic E-state index is 13.1. The average molecular weight is 1440 g/mol. The van der Waals surface area contributed by atoms with Crippen LogP contribution in [-0.4, -0.2) is 96.7 Å². The first-order chi connectivity index (χ1) is 47.5. The molecule has 17 nitrogen and oxygen atoms in total. The second-order valence-corrected chi connectivity index (χ2v) is 31.8. The van der Waals surface area contributed by atoms with Gasteiger partial charge in [0.25, 0.3) is 0 Å². The minimum atomic E-state index is -4.96. The summed E-state index contributed by atoms with van der Waals surface area (Å²) in [6, 6.07) is 0. The van der Waals surface area contributed by atoms with Crippen molar-refractivity contribution < 1.29 is 80.2 Å². The Morgan fingerprint density at radius 1 is 0.276 bits per heavy atom. The number of carbonyl (C=O) groups is 4. The lowest BCUT2D eigenvalue weighted by Crippen LogP contribution is -2.30. The van der Waals surface area contributed by atoms with E-state index in [0.29, 0.717) is 31.6 Å². The molecule has 0 rings (SSSR count). The summed E-state index contributed by atoms with van der Waals surface area (Å²) in [5, 5.41) is 10.6. The van der Waals surface area contributed by atoms with Gasteiger partial charge in [0.2, 0.25) is 0 Å². The van der Waals surface area contributed by atoms with Crippen LogP contribution in [0.1, 0.15) is 420 Å². The van der Waals surface area contributed by atoms with E-state index in [-0.39, 0.29) is 25.7 Å². The van der Waals surface area contributed by atoms with Crippen LogP contribution >= 0.6 is 15.6 Å². The Kier molecular flexibility index (Phi) is 70.6. The summed E-state index contributed by atoms with van der Waals surface area (Å²) in [5.74, 6) is -1.42. The summed E-state index contributed by atoms with van der Waals surface area (Å²) in [7, 11) is -9.91. The summed E-state index contributed by atoms with van der Waals surface area (Å²) < 4.78 is 68.5. The molecule has 0 aliphatic carbocycles. The molecular formula is C79H154O17P2. The van der Waals surface area contributed by atoms with Crippen molar-refractivity contribution in [1.29, 1.82) is 0 Å². The van der Waals surface area contributed by atoms with E-state index in [9.17, 15) is 43.2 Å². The Labute approximate surface area is 600 Å². The maximum atomic E-state index is 13.1. The summed E-state index contributed by atoms with van der Waals surface area (Å²) in [6.45, 7) is 7.22. The maximum Gasteiger partial charge on any atom is 0.472 e. The summed E-state index contributed by atoms with van der Waals surface area (Å²) in [5.41, 5.74) is 0. The fraction of sp³-hybridized carbons (Fsp3) is 0.949. The van der Waals surface area contributed by atoms with Gasteiger partial charge in [-0.1, -0.05) is 369 Å². The van der Waals surface area contributed by atoms with Crippen molar-refractivity contribution in [2.45, 2.75) is 438 Å². The molecule has 0 aromatic rings. The number of aliphatic hydroxyl groups excluding tert-OH is 1. The molecule has 0 saturated carbocycles. The van der Waals surface area contributed by atoms with Gasteiger partial charge < -0.3 is 33.8 Å². The zero-order valence-electron chi connectivity index (χ0n) is 63.9. The monoisotopic (exact) mass is 1440 g/mol. The van der Waals surface area contributed by atoms with Crippen molar-refractivity contribution >= 4 is 39.5 Å². The first-order valence-electron chi connectivity index (χ1n) is 41.1. The van der Waals surface area contributed by atoms with Crippen LogP contribution in [-0.2, 0) is 65.4 Å². The second-order valence-electron chi connectivity index (χ2n) is 28.9. The van der Waals surface area contributed by atoms with Crippen LogP contribution in [0.5, 0.6) is 0 Å². The normalized spacial score (nSPS) is 13.9. The molecule has 5 atom stereocenters. The van der Waals surface area contributed by atoms with Crippen LogP contribution in [0.25, 0.3) is 0 Å². The molecule has 0 bridgehead atoms. The van der Waals surface area contributed by atoms with Crippen LogP contribution in [0, 0.1) is 5.92 Å². The predicted molar refractivity (Wildman–Crippen MR) is 400 cm³/mol. The van der Waals surface area contributed by atoms with Crippen LogP contribution in [0.4, 0.5) is 0 Å². The molecule has 0 aliphatic heterocycles. The molecule has 98 heavy (non-hydrogen) atoms. The molecule has 0 heterocycles. The zero-order chi connectivity index (χ0) is 71.9. The van der Waals surface area contributed by atoms with E-state index >= 15 is 0 Å². The van der Waals surface area contributed by atoms with Gasteiger partial charge in [-0.15, -0.1) is 0 Å². The number of esters is 4. The fourth-order valence-corrected chi connectivity index (χ4v) is 13.8. The molecule has 19 heteroatoms. The van der Waals surface area contributed by atoms with E-state index in [2.05, 4.69) is 34.6 Å². The van der Waals surface area contributed by atoms with Crippen LogP contribution < -0.4 is 0 Å². The highest BCUT2D eigenvalue weighted by Gasteiger charge is 2.30. The third-order valence-electron chi connectivity index (χ3n) is 18.5. The van der Waals surface area contributed by atoms with Crippen LogP contribution in [0.2, 0.25) is 0 Å². The van der Waals surface area contributed by atoms with Crippen molar-refractivity contribution in [2.24, 2.45) is 5.92 Å². The van der Waals surface area contributed by atoms with Gasteiger partial charge in [-0.3, -0.25) is 37.3 Å². The predicted octanol–water partition coefficient (Wildman–Crippen LogP) is 23.6. The van der Waals surface area contributed by atoms with E-state index in [0.717, 1.165) is 89.9 Å². The van der Waals surface area contributed by atoms with Gasteiger partial charge in [0, 0.05) is 25.7 Å². The zero-order valence-corrected chi connectivity index (χ0v) is 65.7. The highest BCUT2D eigenvalue weighted by atomic mass is 31.2. The Bertz CT molecular complexity index is 1870. The summed E-state index contributed by atoms with van der Waals surface area (Å²) in [4.78, 5) is 72.8. The van der Waals surface area contributed by atoms with Gasteiger partial charge in [-0.2, -0.15) is 0 Å². The van der Waals surface area contributed by atoms with Crippen LogP contribution in [0.15, 0.2) is 0 Å². The number of phosphoric acid groups is 2. The Hall–Kier alpha value is -1.94. The molecule has 0 amide bonds. The van der Waals surface area contributed by atoms with Crippen molar-refractivity contribution in [2.75, 3.05) is 39.6 Å². The summed E-state index contributed by atoms with van der Waals surface area (Å²) >= 11 is 0. The first kappa shape index (κ1) is 96.1. The first-order valence-corrected chi connectivity index (χ1v) is 44.1. The quantitative estimate of drug-likeness (QED) is 0.0222. The van der Waals surface area contributed by atoms with E-state index in [1.807, 2.05) is 0 Å². The number of carbonyl (C=O) groups excluding carboxylic acids is 4. The largest absolute Gasteiger partial charge is 0.472 e. The fourth-order valence-electron chi connectivity index (χ4n) is 12.2. The van der Waals surface area contributed by atoms with E-state index in [1.54, 1.807) is 0 Å². The molecule has 0 spiro atoms. The smallest absolute Gasteiger partial charge is 0.462 e. The SMILES string of the molecule is CCCCCCCCCCCCCCCCCCCCCCCCC(=O)O[C@H](COC(=O)CCCCCCCCCCCCCCCCCCC)COP(=O)(O)OC[C@@H](O)COP(=O)(O)OC[C@@H](COC(=O)CCCCCCCCCCC)OC(=O)CCCCCCCCCC(C)C. The third kappa shape index (κ3) is 72.4. The van der Waals surface area contributed by atoms with Gasteiger partial charge in [0.1, 0.15) is 19.3 Å². The third-order valence-corrected chi connectivity index (χ3v) is 20.4. The number of ether oxygens (including phenoxy) is 4. The molecule has 0 aromatic carbocycles. The molecule has 0 radical (unpaired) electrons. The second kappa shape index (κ2) is 72.0. The average Bonchev–Trinajstić information content (AvgIpc) is 1.02. The number of aliphatic hydroxyl groups is 1. The minimum Gasteiger partial charge on any atom is -0.462 e. The number of hydrogen-bond donors (Lipinski definition) is 3. The van der Waals surface area contributed by atoms with Crippen molar-refractivity contribution in [3.8, 4) is 0 Å². The molecule has 0 aliphatic rings.